The molecule has 0 aromatic heterocycles. The number of urea groups is 1. The van der Waals surface area contributed by atoms with Crippen molar-refractivity contribution in [3.8, 4) is 5.75 Å². The van der Waals surface area contributed by atoms with Gasteiger partial charge in [0.15, 0.2) is 0 Å². The molecular formula is C23H39N3O3. The highest BCUT2D eigenvalue weighted by molar-refractivity contribution is 5.93. The van der Waals surface area contributed by atoms with E-state index < -0.39 is 6.04 Å². The van der Waals surface area contributed by atoms with E-state index in [0.717, 1.165) is 58.0 Å². The van der Waals surface area contributed by atoms with Gasteiger partial charge in [-0.2, -0.15) is 0 Å². The average molecular weight is 406 g/mol. The highest BCUT2D eigenvalue weighted by atomic mass is 16.5. The molecule has 164 valence electrons. The second-order valence-corrected chi connectivity index (χ2v) is 7.41. The maximum Gasteiger partial charge on any atom is 0.319 e. The highest BCUT2D eigenvalue weighted by Gasteiger charge is 2.25. The van der Waals surface area contributed by atoms with Gasteiger partial charge in [0.2, 0.25) is 5.91 Å². The molecule has 0 bridgehead atoms. The van der Waals surface area contributed by atoms with E-state index in [1.165, 1.54) is 0 Å². The van der Waals surface area contributed by atoms with E-state index in [0.29, 0.717) is 17.9 Å². The number of nitrogens with zero attached hydrogens (tertiary/aromatic N) is 1. The molecule has 0 aliphatic carbocycles. The number of amides is 3. The summed E-state index contributed by atoms with van der Waals surface area (Å²) < 4.78 is 5.19. The summed E-state index contributed by atoms with van der Waals surface area (Å²) in [5.74, 6) is 0.696. The smallest absolute Gasteiger partial charge is 0.319 e. The number of benzene rings is 1. The Morgan fingerprint density at radius 3 is 2.21 bits per heavy atom. The minimum atomic E-state index is -0.506. The zero-order valence-corrected chi connectivity index (χ0v) is 18.6. The fourth-order valence-corrected chi connectivity index (χ4v) is 3.23. The first kappa shape index (κ1) is 24.8. The van der Waals surface area contributed by atoms with E-state index in [-0.39, 0.29) is 11.9 Å². The topological polar surface area (TPSA) is 70.7 Å². The Labute approximate surface area is 176 Å². The van der Waals surface area contributed by atoms with E-state index in [1.807, 2.05) is 24.0 Å². The van der Waals surface area contributed by atoms with Crippen LogP contribution in [0.2, 0.25) is 0 Å². The fraction of sp³-hybridized carbons (Fsp3) is 0.652. The van der Waals surface area contributed by atoms with E-state index in [4.69, 9.17) is 4.74 Å². The second-order valence-electron chi connectivity index (χ2n) is 7.41. The lowest BCUT2D eigenvalue weighted by Gasteiger charge is -2.28. The third-order valence-electron chi connectivity index (χ3n) is 4.88. The molecule has 0 radical (unpaired) electrons. The monoisotopic (exact) mass is 405 g/mol. The molecule has 0 fully saturated rings. The molecule has 29 heavy (non-hydrogen) atoms. The largest absolute Gasteiger partial charge is 0.497 e. The number of anilines is 1. The van der Waals surface area contributed by atoms with Gasteiger partial charge in [0.25, 0.3) is 0 Å². The Morgan fingerprint density at radius 1 is 1.00 bits per heavy atom. The van der Waals surface area contributed by atoms with Gasteiger partial charge in [0.1, 0.15) is 11.8 Å². The van der Waals surface area contributed by atoms with Gasteiger partial charge in [-0.05, 0) is 31.4 Å². The predicted octanol–water partition coefficient (Wildman–Crippen LogP) is 5.19. The number of carbonyl (C=O) groups excluding carboxylic acids is 2. The quantitative estimate of drug-likeness (QED) is 0.418. The lowest BCUT2D eigenvalue weighted by molar-refractivity contribution is -0.133. The van der Waals surface area contributed by atoms with Crippen molar-refractivity contribution in [3.05, 3.63) is 24.3 Å². The molecule has 3 amide bonds. The van der Waals surface area contributed by atoms with Gasteiger partial charge in [-0.1, -0.05) is 58.9 Å². The molecule has 0 saturated heterocycles. The van der Waals surface area contributed by atoms with Crippen LogP contribution in [0.15, 0.2) is 24.3 Å². The first-order valence-corrected chi connectivity index (χ1v) is 11.1. The van der Waals surface area contributed by atoms with Crippen molar-refractivity contribution < 1.29 is 14.3 Å². The molecule has 1 aromatic carbocycles. The summed E-state index contributed by atoms with van der Waals surface area (Å²) in [5, 5.41) is 5.69. The zero-order valence-electron chi connectivity index (χ0n) is 18.6. The third-order valence-corrected chi connectivity index (χ3v) is 4.88. The molecular weight excluding hydrogens is 366 g/mol. The summed E-state index contributed by atoms with van der Waals surface area (Å²) >= 11 is 0. The van der Waals surface area contributed by atoms with Gasteiger partial charge in [-0.15, -0.1) is 0 Å². The summed E-state index contributed by atoms with van der Waals surface area (Å²) in [4.78, 5) is 27.6. The van der Waals surface area contributed by atoms with Crippen LogP contribution in [0.1, 0.15) is 72.1 Å². The van der Waals surface area contributed by atoms with Crippen LogP contribution in [0.3, 0.4) is 0 Å². The summed E-state index contributed by atoms with van der Waals surface area (Å²) in [7, 11) is 1.58. The Bertz CT molecular complexity index is 597. The van der Waals surface area contributed by atoms with Crippen molar-refractivity contribution >= 4 is 17.6 Å². The number of methoxy groups -OCH3 is 1. The van der Waals surface area contributed by atoms with Gasteiger partial charge < -0.3 is 20.3 Å². The number of unbranched alkanes of at least 4 members (excludes halogenated alkanes) is 4. The van der Waals surface area contributed by atoms with Crippen molar-refractivity contribution in [2.75, 3.05) is 25.5 Å². The summed E-state index contributed by atoms with van der Waals surface area (Å²) in [6, 6.07) is 6.29. The summed E-state index contributed by atoms with van der Waals surface area (Å²) in [6.45, 7) is 7.87. The Balaban J connectivity index is 2.75. The molecule has 6 heteroatoms. The molecule has 1 unspecified atom stereocenters. The van der Waals surface area contributed by atoms with Crippen molar-refractivity contribution in [3.63, 3.8) is 0 Å². The molecule has 0 aliphatic rings. The van der Waals surface area contributed by atoms with Gasteiger partial charge in [0, 0.05) is 24.8 Å². The predicted molar refractivity (Wildman–Crippen MR) is 119 cm³/mol. The third kappa shape index (κ3) is 9.68. The summed E-state index contributed by atoms with van der Waals surface area (Å²) in [5.41, 5.74) is 0.632. The van der Waals surface area contributed by atoms with Crippen LogP contribution in [-0.2, 0) is 4.79 Å². The van der Waals surface area contributed by atoms with Crippen LogP contribution >= 0.6 is 0 Å². The lowest BCUT2D eigenvalue weighted by atomic mass is 10.1. The average Bonchev–Trinajstić information content (AvgIpc) is 2.72. The molecule has 0 aliphatic heterocycles. The molecule has 6 nitrogen and oxygen atoms in total. The Kier molecular flexibility index (Phi) is 12.6. The van der Waals surface area contributed by atoms with Crippen LogP contribution in [0.25, 0.3) is 0 Å². The first-order valence-electron chi connectivity index (χ1n) is 11.1. The lowest BCUT2D eigenvalue weighted by Crippen LogP contribution is -2.50. The van der Waals surface area contributed by atoms with Crippen LogP contribution in [0, 0.1) is 0 Å². The minimum absolute atomic E-state index is 0.0276. The van der Waals surface area contributed by atoms with E-state index >= 15 is 0 Å². The van der Waals surface area contributed by atoms with Gasteiger partial charge in [-0.3, -0.25) is 4.79 Å². The van der Waals surface area contributed by atoms with E-state index in [2.05, 4.69) is 24.5 Å². The number of nitrogens with one attached hydrogen (secondary N) is 2. The van der Waals surface area contributed by atoms with Gasteiger partial charge in [-0.25, -0.2) is 4.79 Å². The second kappa shape index (κ2) is 14.7. The first-order chi connectivity index (χ1) is 14.0. The standard InChI is InChI=1S/C23H39N3O3/c1-5-8-10-16-26(17-11-9-6-2)22(27)21(13-7-3)25-23(28)24-19-14-12-15-20(18-19)29-4/h12,14-15,18,21H,5-11,13,16-17H2,1-4H3,(H2,24,25,28). The normalized spacial score (nSPS) is 11.6. The van der Waals surface area contributed by atoms with E-state index in [9.17, 15) is 9.59 Å². The molecule has 0 saturated carbocycles. The molecule has 1 aromatic rings. The minimum Gasteiger partial charge on any atom is -0.497 e. The number of ether oxygens (including phenoxy) is 1. The van der Waals surface area contributed by atoms with Crippen LogP contribution < -0.4 is 15.4 Å². The number of hydrogen-bond donors (Lipinski definition) is 2. The SMILES string of the molecule is CCCCCN(CCCCC)C(=O)C(CCC)NC(=O)Nc1cccc(OC)c1. The van der Waals surface area contributed by atoms with E-state index in [1.54, 1.807) is 19.2 Å². The van der Waals surface area contributed by atoms with Gasteiger partial charge in [0.05, 0.1) is 7.11 Å². The molecule has 1 rings (SSSR count). The number of carbonyl (C=O) groups is 2. The Hall–Kier alpha value is -2.24. The van der Waals surface area contributed by atoms with Crippen LogP contribution in [0.4, 0.5) is 10.5 Å². The zero-order chi connectivity index (χ0) is 21.5. The van der Waals surface area contributed by atoms with Crippen LogP contribution in [0.5, 0.6) is 5.75 Å². The molecule has 2 N–H and O–H groups in total. The van der Waals surface area contributed by atoms with Crippen molar-refractivity contribution in [2.45, 2.75) is 78.2 Å². The van der Waals surface area contributed by atoms with Crippen molar-refractivity contribution in [1.82, 2.24) is 10.2 Å². The number of hydrogen-bond acceptors (Lipinski definition) is 3. The summed E-state index contributed by atoms with van der Waals surface area (Å²) in [6.07, 6.45) is 7.93. The number of rotatable bonds is 14. The molecule has 1 atom stereocenters. The van der Waals surface area contributed by atoms with Crippen LogP contribution in [-0.4, -0.2) is 43.1 Å². The highest BCUT2D eigenvalue weighted by Crippen LogP contribution is 2.16. The molecule has 0 heterocycles. The maximum atomic E-state index is 13.2. The fourth-order valence-electron chi connectivity index (χ4n) is 3.23. The van der Waals surface area contributed by atoms with Crippen molar-refractivity contribution in [1.29, 1.82) is 0 Å². The van der Waals surface area contributed by atoms with Crippen molar-refractivity contribution in [2.24, 2.45) is 0 Å². The Morgan fingerprint density at radius 2 is 1.66 bits per heavy atom. The maximum absolute atomic E-state index is 13.2. The molecule has 0 spiro atoms. The van der Waals surface area contributed by atoms with Gasteiger partial charge >= 0.3 is 6.03 Å².